The molecule has 2 rings (SSSR count). The van der Waals surface area contributed by atoms with Crippen molar-refractivity contribution >= 4 is 21.4 Å². The molecule has 0 fully saturated rings. The Labute approximate surface area is 118 Å². The minimum Gasteiger partial charge on any atom is -0.212 e. The van der Waals surface area contributed by atoms with Crippen LogP contribution in [-0.4, -0.2) is 25.5 Å². The van der Waals surface area contributed by atoms with E-state index >= 15 is 0 Å². The summed E-state index contributed by atoms with van der Waals surface area (Å²) in [5.74, 6) is 0.152. The Hall–Kier alpha value is -1.17. The molecule has 1 heterocycles. The van der Waals surface area contributed by atoms with E-state index in [0.717, 1.165) is 10.4 Å². The van der Waals surface area contributed by atoms with Crippen molar-refractivity contribution in [3.05, 3.63) is 58.3 Å². The summed E-state index contributed by atoms with van der Waals surface area (Å²) in [4.78, 5) is 1.06. The molecule has 0 aliphatic heterocycles. The second-order valence-corrected chi connectivity index (χ2v) is 7.61. The monoisotopic (exact) mass is 295 g/mol. The van der Waals surface area contributed by atoms with Crippen LogP contribution in [0.4, 0.5) is 0 Å². The molecular formula is C14H17NO2S2. The maximum Gasteiger partial charge on any atom is 0.214 e. The summed E-state index contributed by atoms with van der Waals surface area (Å²) < 4.78 is 25.8. The summed E-state index contributed by atoms with van der Waals surface area (Å²) in [5.41, 5.74) is 1.05. The zero-order valence-corrected chi connectivity index (χ0v) is 12.5. The molecule has 0 spiro atoms. The molecule has 19 heavy (non-hydrogen) atoms. The van der Waals surface area contributed by atoms with Crippen LogP contribution < -0.4 is 0 Å². The highest BCUT2D eigenvalue weighted by molar-refractivity contribution is 7.89. The van der Waals surface area contributed by atoms with Gasteiger partial charge in [-0.15, -0.1) is 11.3 Å². The molecule has 0 radical (unpaired) electrons. The summed E-state index contributed by atoms with van der Waals surface area (Å²) in [6, 6.07) is 13.6. The van der Waals surface area contributed by atoms with Crippen molar-refractivity contribution in [3.8, 4) is 0 Å². The Balaban J connectivity index is 1.94. The third-order valence-corrected chi connectivity index (χ3v) is 5.58. The number of sulfonamides is 1. The highest BCUT2D eigenvalue weighted by Gasteiger charge is 2.18. The van der Waals surface area contributed by atoms with E-state index in [1.807, 2.05) is 47.8 Å². The minimum absolute atomic E-state index is 0.152. The standard InChI is InChI=1S/C14H17NO2S2/c1-15(12-14-8-5-10-18-14)19(16,17)11-9-13-6-3-2-4-7-13/h2-8,10H,9,11-12H2,1H3. The fraction of sp³-hybridized carbons (Fsp3) is 0.286. The van der Waals surface area contributed by atoms with Gasteiger partial charge in [-0.3, -0.25) is 0 Å². The smallest absolute Gasteiger partial charge is 0.212 e. The summed E-state index contributed by atoms with van der Waals surface area (Å²) in [6.07, 6.45) is 0.554. The molecule has 0 saturated carbocycles. The van der Waals surface area contributed by atoms with E-state index in [1.165, 1.54) is 4.31 Å². The van der Waals surface area contributed by atoms with Crippen LogP contribution in [0.2, 0.25) is 0 Å². The van der Waals surface area contributed by atoms with E-state index in [0.29, 0.717) is 13.0 Å². The van der Waals surface area contributed by atoms with E-state index in [1.54, 1.807) is 18.4 Å². The molecule has 0 unspecified atom stereocenters. The summed E-state index contributed by atoms with van der Waals surface area (Å²) in [5, 5.41) is 1.96. The maximum absolute atomic E-state index is 12.2. The molecule has 0 saturated heterocycles. The topological polar surface area (TPSA) is 37.4 Å². The van der Waals surface area contributed by atoms with E-state index in [9.17, 15) is 8.42 Å². The molecule has 2 aromatic rings. The quantitative estimate of drug-likeness (QED) is 0.822. The van der Waals surface area contributed by atoms with Gasteiger partial charge in [-0.05, 0) is 23.4 Å². The lowest BCUT2D eigenvalue weighted by Gasteiger charge is -2.16. The Morgan fingerprint density at radius 1 is 1.11 bits per heavy atom. The van der Waals surface area contributed by atoms with E-state index < -0.39 is 10.0 Å². The number of hydrogen-bond donors (Lipinski definition) is 0. The number of benzene rings is 1. The number of thiophene rings is 1. The highest BCUT2D eigenvalue weighted by atomic mass is 32.2. The zero-order chi connectivity index (χ0) is 13.7. The van der Waals surface area contributed by atoms with Crippen molar-refractivity contribution in [2.45, 2.75) is 13.0 Å². The van der Waals surface area contributed by atoms with E-state index in [2.05, 4.69) is 0 Å². The molecule has 0 aliphatic rings. The van der Waals surface area contributed by atoms with Crippen LogP contribution in [-0.2, 0) is 23.0 Å². The number of aryl methyl sites for hydroxylation is 1. The van der Waals surface area contributed by atoms with Crippen LogP contribution in [0.1, 0.15) is 10.4 Å². The largest absolute Gasteiger partial charge is 0.214 e. The van der Waals surface area contributed by atoms with Crippen LogP contribution in [0.3, 0.4) is 0 Å². The molecule has 1 aromatic heterocycles. The highest BCUT2D eigenvalue weighted by Crippen LogP contribution is 2.14. The normalized spacial score (nSPS) is 11.9. The Kier molecular flexibility index (Phi) is 4.74. The van der Waals surface area contributed by atoms with Gasteiger partial charge in [0.05, 0.1) is 5.75 Å². The molecule has 0 aliphatic carbocycles. The van der Waals surface area contributed by atoms with Gasteiger partial charge >= 0.3 is 0 Å². The first kappa shape index (κ1) is 14.2. The van der Waals surface area contributed by atoms with Gasteiger partial charge in [-0.25, -0.2) is 8.42 Å². The summed E-state index contributed by atoms with van der Waals surface area (Å²) in [7, 11) is -1.56. The fourth-order valence-corrected chi connectivity index (χ4v) is 3.75. The van der Waals surface area contributed by atoms with Gasteiger partial charge in [0, 0.05) is 18.5 Å². The molecule has 1 aromatic carbocycles. The van der Waals surface area contributed by atoms with Gasteiger partial charge in [0.25, 0.3) is 0 Å². The third-order valence-electron chi connectivity index (χ3n) is 2.92. The Morgan fingerprint density at radius 3 is 2.47 bits per heavy atom. The minimum atomic E-state index is -3.19. The average Bonchev–Trinajstić information content (AvgIpc) is 2.90. The van der Waals surface area contributed by atoms with Crippen LogP contribution in [0.15, 0.2) is 47.8 Å². The second-order valence-electron chi connectivity index (χ2n) is 4.39. The van der Waals surface area contributed by atoms with Gasteiger partial charge in [-0.2, -0.15) is 4.31 Å². The molecule has 0 atom stereocenters. The maximum atomic E-state index is 12.2. The second kappa shape index (κ2) is 6.32. The van der Waals surface area contributed by atoms with Gasteiger partial charge in [0.1, 0.15) is 0 Å². The van der Waals surface area contributed by atoms with Crippen molar-refractivity contribution in [2.75, 3.05) is 12.8 Å². The predicted octanol–water partition coefficient (Wildman–Crippen LogP) is 2.75. The average molecular weight is 295 g/mol. The Bertz CT molecular complexity index is 592. The first-order valence-corrected chi connectivity index (χ1v) is 8.57. The Morgan fingerprint density at radius 2 is 1.84 bits per heavy atom. The lowest BCUT2D eigenvalue weighted by atomic mass is 10.2. The number of rotatable bonds is 6. The van der Waals surface area contributed by atoms with Crippen molar-refractivity contribution < 1.29 is 8.42 Å². The molecule has 5 heteroatoms. The number of nitrogens with zero attached hydrogens (tertiary/aromatic N) is 1. The summed E-state index contributed by atoms with van der Waals surface area (Å²) >= 11 is 1.58. The third kappa shape index (κ3) is 4.16. The first-order valence-electron chi connectivity index (χ1n) is 6.08. The van der Waals surface area contributed by atoms with Crippen molar-refractivity contribution in [1.29, 1.82) is 0 Å². The first-order chi connectivity index (χ1) is 9.08. The van der Waals surface area contributed by atoms with Crippen LogP contribution in [0, 0.1) is 0 Å². The summed E-state index contributed by atoms with van der Waals surface area (Å²) in [6.45, 7) is 0.453. The number of hydrogen-bond acceptors (Lipinski definition) is 3. The lowest BCUT2D eigenvalue weighted by molar-refractivity contribution is 0.469. The van der Waals surface area contributed by atoms with Gasteiger partial charge < -0.3 is 0 Å². The van der Waals surface area contributed by atoms with Crippen molar-refractivity contribution in [1.82, 2.24) is 4.31 Å². The molecule has 3 nitrogen and oxygen atoms in total. The zero-order valence-electron chi connectivity index (χ0n) is 10.8. The van der Waals surface area contributed by atoms with Crippen LogP contribution in [0.5, 0.6) is 0 Å². The van der Waals surface area contributed by atoms with Gasteiger partial charge in [0.15, 0.2) is 0 Å². The SMILES string of the molecule is CN(Cc1cccs1)S(=O)(=O)CCc1ccccc1. The van der Waals surface area contributed by atoms with Crippen molar-refractivity contribution in [3.63, 3.8) is 0 Å². The van der Waals surface area contributed by atoms with E-state index in [-0.39, 0.29) is 5.75 Å². The molecule has 0 N–H and O–H groups in total. The van der Waals surface area contributed by atoms with Gasteiger partial charge in [-0.1, -0.05) is 36.4 Å². The van der Waals surface area contributed by atoms with E-state index in [4.69, 9.17) is 0 Å². The van der Waals surface area contributed by atoms with Crippen LogP contribution >= 0.6 is 11.3 Å². The fourth-order valence-electron chi connectivity index (χ4n) is 1.77. The predicted molar refractivity (Wildman–Crippen MR) is 79.7 cm³/mol. The molecule has 0 amide bonds. The lowest BCUT2D eigenvalue weighted by Crippen LogP contribution is -2.29. The molecular weight excluding hydrogens is 278 g/mol. The van der Waals surface area contributed by atoms with Crippen molar-refractivity contribution in [2.24, 2.45) is 0 Å². The van der Waals surface area contributed by atoms with Gasteiger partial charge in [0.2, 0.25) is 10.0 Å². The van der Waals surface area contributed by atoms with Crippen LogP contribution in [0.25, 0.3) is 0 Å². The molecule has 102 valence electrons. The molecule has 0 bridgehead atoms.